The van der Waals surface area contributed by atoms with Crippen molar-refractivity contribution >= 4 is 17.3 Å². The summed E-state index contributed by atoms with van der Waals surface area (Å²) in [7, 11) is 0. The van der Waals surface area contributed by atoms with Crippen molar-refractivity contribution in [1.82, 2.24) is 0 Å². The van der Waals surface area contributed by atoms with Crippen LogP contribution in [0.1, 0.15) is 55.5 Å². The summed E-state index contributed by atoms with van der Waals surface area (Å²) in [5.41, 5.74) is 3.87. The molecule has 0 saturated heterocycles. The topological polar surface area (TPSA) is 46.5 Å². The van der Waals surface area contributed by atoms with Crippen LogP contribution < -0.4 is 0 Å². The lowest BCUT2D eigenvalue weighted by Gasteiger charge is -2.41. The van der Waals surface area contributed by atoms with Crippen molar-refractivity contribution < 1.29 is 9.59 Å². The largest absolute Gasteiger partial charge is 0.299 e. The van der Waals surface area contributed by atoms with Gasteiger partial charge in [-0.1, -0.05) is 74.5 Å². The fraction of sp³-hybridized carbons (Fsp3) is 0.320. The molecule has 0 aromatic heterocycles. The highest BCUT2D eigenvalue weighted by Crippen LogP contribution is 2.47. The summed E-state index contributed by atoms with van der Waals surface area (Å²) in [6.07, 6.45) is 1.31. The number of carbonyl (C=O) groups excluding carboxylic acids is 2. The first kappa shape index (κ1) is 18.5. The van der Waals surface area contributed by atoms with Gasteiger partial charge in [-0.15, -0.1) is 0 Å². The summed E-state index contributed by atoms with van der Waals surface area (Å²) < 4.78 is 0. The quantitative estimate of drug-likeness (QED) is 0.679. The highest BCUT2D eigenvalue weighted by molar-refractivity contribution is 6.16. The molecule has 2 atom stereocenters. The Morgan fingerprint density at radius 1 is 0.929 bits per heavy atom. The molecule has 3 heteroatoms. The third kappa shape index (κ3) is 3.26. The molecule has 2 aromatic rings. The highest BCUT2D eigenvalue weighted by atomic mass is 16.1. The van der Waals surface area contributed by atoms with E-state index in [0.717, 1.165) is 23.4 Å². The van der Waals surface area contributed by atoms with Crippen molar-refractivity contribution in [1.29, 1.82) is 0 Å². The standard InChI is InChI=1S/C25H25NO2/c1-16-21(24(28)18-12-8-5-9-13-18)22(17-10-6-4-7-11-17)23-19(26-16)14-25(2,3)15-20(23)27/h4-13,22-23H,14-15H2,1-3H3/t22-,23-/m0/s1. The summed E-state index contributed by atoms with van der Waals surface area (Å²) in [5, 5.41) is 0. The van der Waals surface area contributed by atoms with E-state index in [0.29, 0.717) is 17.6 Å². The third-order valence-corrected chi connectivity index (χ3v) is 5.80. The van der Waals surface area contributed by atoms with Crippen LogP contribution in [0, 0.1) is 11.3 Å². The number of hydrogen-bond acceptors (Lipinski definition) is 3. The number of nitrogens with zero attached hydrogens (tertiary/aromatic N) is 1. The molecule has 2 aliphatic rings. The molecule has 1 fully saturated rings. The Labute approximate surface area is 166 Å². The zero-order valence-corrected chi connectivity index (χ0v) is 16.6. The predicted molar refractivity (Wildman–Crippen MR) is 112 cm³/mol. The van der Waals surface area contributed by atoms with Gasteiger partial charge in [0.1, 0.15) is 5.78 Å². The van der Waals surface area contributed by atoms with E-state index in [1.54, 1.807) is 0 Å². The van der Waals surface area contributed by atoms with E-state index < -0.39 is 0 Å². The Bertz CT molecular complexity index is 984. The minimum Gasteiger partial charge on any atom is -0.299 e. The van der Waals surface area contributed by atoms with Crippen molar-refractivity contribution in [2.45, 2.75) is 39.5 Å². The zero-order chi connectivity index (χ0) is 19.9. The van der Waals surface area contributed by atoms with E-state index in [2.05, 4.69) is 13.8 Å². The van der Waals surface area contributed by atoms with Crippen LogP contribution in [0.2, 0.25) is 0 Å². The van der Waals surface area contributed by atoms with Gasteiger partial charge in [0.2, 0.25) is 0 Å². The molecule has 142 valence electrons. The summed E-state index contributed by atoms with van der Waals surface area (Å²) in [5.74, 6) is -0.464. The maximum Gasteiger partial charge on any atom is 0.191 e. The second-order valence-electron chi connectivity index (χ2n) is 8.65. The van der Waals surface area contributed by atoms with Crippen LogP contribution in [0.15, 0.2) is 76.9 Å². The van der Waals surface area contributed by atoms with Crippen LogP contribution in [0.25, 0.3) is 0 Å². The zero-order valence-electron chi connectivity index (χ0n) is 16.6. The molecule has 0 unspecified atom stereocenters. The Morgan fingerprint density at radius 3 is 2.18 bits per heavy atom. The van der Waals surface area contributed by atoms with Crippen LogP contribution in [-0.4, -0.2) is 17.3 Å². The number of hydrogen-bond donors (Lipinski definition) is 0. The summed E-state index contributed by atoms with van der Waals surface area (Å²) in [6, 6.07) is 19.2. The van der Waals surface area contributed by atoms with Crippen molar-refractivity contribution in [2.24, 2.45) is 16.3 Å². The second kappa shape index (κ2) is 6.97. The number of rotatable bonds is 3. The fourth-order valence-corrected chi connectivity index (χ4v) is 4.65. The van der Waals surface area contributed by atoms with E-state index in [1.165, 1.54) is 0 Å². The van der Waals surface area contributed by atoms with E-state index in [9.17, 15) is 9.59 Å². The Balaban J connectivity index is 1.89. The van der Waals surface area contributed by atoms with Gasteiger partial charge < -0.3 is 0 Å². The van der Waals surface area contributed by atoms with Crippen LogP contribution in [0.5, 0.6) is 0 Å². The molecular weight excluding hydrogens is 346 g/mol. The molecule has 0 N–H and O–H groups in total. The maximum absolute atomic E-state index is 13.5. The van der Waals surface area contributed by atoms with Crippen LogP contribution in [0.4, 0.5) is 0 Å². The monoisotopic (exact) mass is 371 g/mol. The molecule has 3 nitrogen and oxygen atoms in total. The van der Waals surface area contributed by atoms with Crippen molar-refractivity contribution in [3.8, 4) is 0 Å². The third-order valence-electron chi connectivity index (χ3n) is 5.80. The number of benzene rings is 2. The Morgan fingerprint density at radius 2 is 1.54 bits per heavy atom. The fourth-order valence-electron chi connectivity index (χ4n) is 4.65. The van der Waals surface area contributed by atoms with Gasteiger partial charge in [-0.3, -0.25) is 14.6 Å². The summed E-state index contributed by atoms with van der Waals surface area (Å²) in [6.45, 7) is 6.14. The van der Waals surface area contributed by atoms with Gasteiger partial charge in [-0.25, -0.2) is 0 Å². The number of Topliss-reactive ketones (excluding diaryl/α,β-unsaturated/α-hetero) is 2. The van der Waals surface area contributed by atoms with Gasteiger partial charge >= 0.3 is 0 Å². The van der Waals surface area contributed by atoms with E-state index in [1.807, 2.05) is 67.6 Å². The first-order valence-electron chi connectivity index (χ1n) is 9.83. The number of aliphatic imine (C=N–C) groups is 1. The summed E-state index contributed by atoms with van der Waals surface area (Å²) >= 11 is 0. The molecule has 0 amide bonds. The molecule has 1 aliphatic heterocycles. The molecule has 1 aliphatic carbocycles. The van der Waals surface area contributed by atoms with Crippen LogP contribution in [0.3, 0.4) is 0 Å². The molecular formula is C25H25NO2. The van der Waals surface area contributed by atoms with Crippen molar-refractivity contribution in [2.75, 3.05) is 0 Å². The van der Waals surface area contributed by atoms with Gasteiger partial charge in [0.25, 0.3) is 0 Å². The van der Waals surface area contributed by atoms with Gasteiger partial charge in [-0.05, 0) is 24.3 Å². The first-order chi connectivity index (χ1) is 13.4. The minimum absolute atomic E-state index is 0.0348. The van der Waals surface area contributed by atoms with E-state index >= 15 is 0 Å². The van der Waals surface area contributed by atoms with Crippen molar-refractivity contribution in [3.63, 3.8) is 0 Å². The predicted octanol–water partition coefficient (Wildman–Crippen LogP) is 5.39. The molecule has 0 bridgehead atoms. The molecule has 2 aromatic carbocycles. The highest BCUT2D eigenvalue weighted by Gasteiger charge is 2.47. The molecule has 0 radical (unpaired) electrons. The van der Waals surface area contributed by atoms with Crippen LogP contribution >= 0.6 is 0 Å². The number of fused-ring (bicyclic) bond motifs is 1. The van der Waals surface area contributed by atoms with E-state index in [-0.39, 0.29) is 28.8 Å². The normalized spacial score (nSPS) is 23.8. The Hall–Kier alpha value is -2.81. The van der Waals surface area contributed by atoms with Crippen molar-refractivity contribution in [3.05, 3.63) is 83.1 Å². The van der Waals surface area contributed by atoms with Gasteiger partial charge in [0.15, 0.2) is 5.78 Å². The maximum atomic E-state index is 13.5. The average Bonchev–Trinajstić information content (AvgIpc) is 2.67. The lowest BCUT2D eigenvalue weighted by molar-refractivity contribution is -0.124. The number of carbonyl (C=O) groups is 2. The lowest BCUT2D eigenvalue weighted by Crippen LogP contribution is -2.43. The summed E-state index contributed by atoms with van der Waals surface area (Å²) in [4.78, 5) is 31.5. The molecule has 28 heavy (non-hydrogen) atoms. The molecule has 1 heterocycles. The minimum atomic E-state index is -0.346. The Kier molecular flexibility index (Phi) is 4.62. The van der Waals surface area contributed by atoms with Gasteiger partial charge in [0.05, 0.1) is 5.92 Å². The smallest absolute Gasteiger partial charge is 0.191 e. The molecule has 4 rings (SSSR count). The van der Waals surface area contributed by atoms with E-state index in [4.69, 9.17) is 4.99 Å². The molecule has 1 saturated carbocycles. The molecule has 0 spiro atoms. The SMILES string of the molecule is CC1=C(C(=O)c2ccccc2)[C@H](c2ccccc2)[C@@H]2C(=O)CC(C)(C)CC2=N1. The average molecular weight is 371 g/mol. The van der Waals surface area contributed by atoms with Gasteiger partial charge in [0, 0.05) is 34.9 Å². The second-order valence-corrected chi connectivity index (χ2v) is 8.65. The number of ketones is 2. The first-order valence-corrected chi connectivity index (χ1v) is 9.83. The van der Waals surface area contributed by atoms with Gasteiger partial charge in [-0.2, -0.15) is 0 Å². The lowest BCUT2D eigenvalue weighted by atomic mass is 9.63. The number of allylic oxidation sites excluding steroid dienone is 2. The van der Waals surface area contributed by atoms with Crippen LogP contribution in [-0.2, 0) is 4.79 Å².